The lowest BCUT2D eigenvalue weighted by Crippen LogP contribution is -2.05. The molecule has 8 heteroatoms. The zero-order valence-corrected chi connectivity index (χ0v) is 12.7. The van der Waals surface area contributed by atoms with Crippen LogP contribution in [0.2, 0.25) is 0 Å². The minimum atomic E-state index is -4.40. The van der Waals surface area contributed by atoms with Crippen LogP contribution in [0.25, 0.3) is 16.9 Å². The fourth-order valence-electron chi connectivity index (χ4n) is 3.06. The van der Waals surface area contributed by atoms with Gasteiger partial charge < -0.3 is 5.11 Å². The third-order valence-corrected chi connectivity index (χ3v) is 4.43. The molecular formula is C17H12F3N3O2. The molecule has 2 atom stereocenters. The normalized spacial score (nSPS) is 20.0. The molecule has 3 aromatic rings. The maximum atomic E-state index is 12.7. The van der Waals surface area contributed by atoms with Gasteiger partial charge in [-0.15, -0.1) is 0 Å². The molecule has 1 aliphatic rings. The Morgan fingerprint density at radius 3 is 2.44 bits per heavy atom. The van der Waals surface area contributed by atoms with Crippen molar-refractivity contribution < 1.29 is 23.1 Å². The van der Waals surface area contributed by atoms with E-state index in [1.165, 1.54) is 24.5 Å². The van der Waals surface area contributed by atoms with E-state index in [4.69, 9.17) is 5.11 Å². The van der Waals surface area contributed by atoms with Crippen molar-refractivity contribution in [1.29, 1.82) is 0 Å². The van der Waals surface area contributed by atoms with Crippen LogP contribution < -0.4 is 0 Å². The van der Waals surface area contributed by atoms with Gasteiger partial charge in [0, 0.05) is 35.8 Å². The first-order chi connectivity index (χ1) is 11.9. The Hall–Kier alpha value is -2.90. The lowest BCUT2D eigenvalue weighted by molar-refractivity contribution is -0.139. The Balaban J connectivity index is 1.79. The highest BCUT2D eigenvalue weighted by Gasteiger charge is 2.46. The number of carbonyl (C=O) groups is 1. The predicted octanol–water partition coefficient (Wildman–Crippen LogP) is 3.63. The molecule has 1 N–H and O–H groups in total. The highest BCUT2D eigenvalue weighted by atomic mass is 19.4. The summed E-state index contributed by atoms with van der Waals surface area (Å²) in [6.07, 6.45) is 0.860. The maximum Gasteiger partial charge on any atom is 0.416 e. The molecule has 128 valence electrons. The average molecular weight is 347 g/mol. The van der Waals surface area contributed by atoms with Crippen LogP contribution in [0.4, 0.5) is 13.2 Å². The zero-order valence-electron chi connectivity index (χ0n) is 12.7. The summed E-state index contributed by atoms with van der Waals surface area (Å²) >= 11 is 0. The number of halogens is 3. The van der Waals surface area contributed by atoms with Gasteiger partial charge in [-0.2, -0.15) is 13.2 Å². The van der Waals surface area contributed by atoms with Crippen molar-refractivity contribution in [2.24, 2.45) is 5.92 Å². The molecule has 4 rings (SSSR count). The zero-order chi connectivity index (χ0) is 17.8. The molecule has 0 spiro atoms. The molecule has 5 nitrogen and oxygen atoms in total. The van der Waals surface area contributed by atoms with Crippen molar-refractivity contribution in [2.45, 2.75) is 18.5 Å². The van der Waals surface area contributed by atoms with Crippen LogP contribution in [-0.2, 0) is 11.0 Å². The molecule has 2 heterocycles. The van der Waals surface area contributed by atoms with Crippen LogP contribution in [0.3, 0.4) is 0 Å². The lowest BCUT2D eigenvalue weighted by atomic mass is 10.1. The predicted molar refractivity (Wildman–Crippen MR) is 82.4 cm³/mol. The van der Waals surface area contributed by atoms with E-state index in [0.717, 1.165) is 17.7 Å². The number of rotatable bonds is 3. The topological polar surface area (TPSA) is 68.0 Å². The van der Waals surface area contributed by atoms with Gasteiger partial charge in [-0.1, -0.05) is 0 Å². The number of fused-ring (bicyclic) bond motifs is 1. The van der Waals surface area contributed by atoms with Crippen molar-refractivity contribution in [3.05, 3.63) is 54.0 Å². The van der Waals surface area contributed by atoms with Crippen molar-refractivity contribution >= 4 is 17.1 Å². The molecule has 1 aliphatic carbocycles. The monoisotopic (exact) mass is 347 g/mol. The number of hydrogen-bond acceptors (Lipinski definition) is 3. The molecule has 2 aromatic heterocycles. The third-order valence-electron chi connectivity index (χ3n) is 4.43. The average Bonchev–Trinajstić information content (AvgIpc) is 3.29. The lowest BCUT2D eigenvalue weighted by Gasteiger charge is -2.08. The molecule has 25 heavy (non-hydrogen) atoms. The molecule has 1 saturated carbocycles. The molecule has 0 bridgehead atoms. The summed E-state index contributed by atoms with van der Waals surface area (Å²) in [6, 6.07) is 4.74. The Bertz CT molecular complexity index is 963. The number of hydrogen-bond donors (Lipinski definition) is 1. The van der Waals surface area contributed by atoms with E-state index < -0.39 is 23.6 Å². The number of carboxylic acid groups (broad SMARTS) is 1. The summed E-state index contributed by atoms with van der Waals surface area (Å²) in [4.78, 5) is 19.7. The summed E-state index contributed by atoms with van der Waals surface area (Å²) < 4.78 is 39.8. The van der Waals surface area contributed by atoms with E-state index in [1.54, 1.807) is 10.8 Å². The number of benzene rings is 1. The van der Waals surface area contributed by atoms with Crippen molar-refractivity contribution in [2.75, 3.05) is 0 Å². The summed E-state index contributed by atoms with van der Waals surface area (Å²) in [5.74, 6) is -1.45. The second-order valence-corrected chi connectivity index (χ2v) is 6.01. The van der Waals surface area contributed by atoms with Gasteiger partial charge in [-0.05, 0) is 30.7 Å². The van der Waals surface area contributed by atoms with Gasteiger partial charge in [0.05, 0.1) is 11.5 Å². The SMILES string of the molecule is O=C(O)[C@@H]1C[C@H]1c1cn(-c2ccc(C(F)(F)F)cc2)c2nccnc12. The standard InChI is InChI=1S/C17H12F3N3O2/c18-17(19,20)9-1-3-10(4-2-9)23-8-13(11-7-12(11)16(24)25)14-15(23)22-6-5-21-14/h1-6,8,11-12H,7H2,(H,24,25)/t11-,12-/m1/s1. The summed E-state index contributed by atoms with van der Waals surface area (Å²) in [6.45, 7) is 0. The van der Waals surface area contributed by atoms with E-state index in [1.807, 2.05) is 0 Å². The second-order valence-electron chi connectivity index (χ2n) is 6.01. The van der Waals surface area contributed by atoms with E-state index in [9.17, 15) is 18.0 Å². The van der Waals surface area contributed by atoms with Gasteiger partial charge >= 0.3 is 12.1 Å². The molecule has 0 amide bonds. The number of carboxylic acids is 1. The Morgan fingerprint density at radius 1 is 1.16 bits per heavy atom. The van der Waals surface area contributed by atoms with Crippen LogP contribution in [0.1, 0.15) is 23.5 Å². The van der Waals surface area contributed by atoms with Gasteiger partial charge in [0.2, 0.25) is 0 Å². The highest BCUT2D eigenvalue weighted by molar-refractivity contribution is 5.82. The molecule has 1 aromatic carbocycles. The van der Waals surface area contributed by atoms with Crippen LogP contribution in [0, 0.1) is 5.92 Å². The quantitative estimate of drug-likeness (QED) is 0.786. The van der Waals surface area contributed by atoms with Gasteiger partial charge in [0.15, 0.2) is 5.65 Å². The van der Waals surface area contributed by atoms with Gasteiger partial charge in [0.1, 0.15) is 5.52 Å². The molecule has 0 aliphatic heterocycles. The highest BCUT2D eigenvalue weighted by Crippen LogP contribution is 2.49. The van der Waals surface area contributed by atoms with Crippen LogP contribution >= 0.6 is 0 Å². The van der Waals surface area contributed by atoms with Crippen LogP contribution in [-0.4, -0.2) is 25.6 Å². The number of aliphatic carboxylic acids is 1. The fraction of sp³-hybridized carbons (Fsp3) is 0.235. The number of nitrogens with zero attached hydrogens (tertiary/aromatic N) is 3. The number of alkyl halides is 3. The van der Waals surface area contributed by atoms with E-state index in [0.29, 0.717) is 23.3 Å². The fourth-order valence-corrected chi connectivity index (χ4v) is 3.06. The Labute approximate surface area is 139 Å². The second kappa shape index (κ2) is 5.30. The molecule has 0 saturated heterocycles. The van der Waals surface area contributed by atoms with Crippen molar-refractivity contribution in [3.8, 4) is 5.69 Å². The third kappa shape index (κ3) is 2.63. The van der Waals surface area contributed by atoms with E-state index in [-0.39, 0.29) is 5.92 Å². The number of aromatic nitrogens is 3. The minimum Gasteiger partial charge on any atom is -0.481 e. The molecule has 0 unspecified atom stereocenters. The Kier molecular flexibility index (Phi) is 3.31. The van der Waals surface area contributed by atoms with Crippen molar-refractivity contribution in [1.82, 2.24) is 14.5 Å². The summed E-state index contributed by atoms with van der Waals surface area (Å²) in [5, 5.41) is 9.14. The smallest absolute Gasteiger partial charge is 0.416 e. The summed E-state index contributed by atoms with van der Waals surface area (Å²) in [5.41, 5.74) is 1.62. The largest absolute Gasteiger partial charge is 0.481 e. The van der Waals surface area contributed by atoms with Crippen LogP contribution in [0.15, 0.2) is 42.9 Å². The van der Waals surface area contributed by atoms with Gasteiger partial charge in [0.25, 0.3) is 0 Å². The first kappa shape index (κ1) is 15.6. The van der Waals surface area contributed by atoms with Gasteiger partial charge in [-0.3, -0.25) is 14.3 Å². The Morgan fingerprint density at radius 2 is 1.84 bits per heavy atom. The van der Waals surface area contributed by atoms with Crippen molar-refractivity contribution in [3.63, 3.8) is 0 Å². The first-order valence-corrected chi connectivity index (χ1v) is 7.58. The van der Waals surface area contributed by atoms with Crippen LogP contribution in [0.5, 0.6) is 0 Å². The first-order valence-electron chi connectivity index (χ1n) is 7.58. The van der Waals surface area contributed by atoms with E-state index >= 15 is 0 Å². The molecule has 0 radical (unpaired) electrons. The molecule has 1 fully saturated rings. The summed E-state index contributed by atoms with van der Waals surface area (Å²) in [7, 11) is 0. The van der Waals surface area contributed by atoms with Gasteiger partial charge in [-0.25, -0.2) is 4.98 Å². The van der Waals surface area contributed by atoms with E-state index in [2.05, 4.69) is 9.97 Å². The maximum absolute atomic E-state index is 12.7. The minimum absolute atomic E-state index is 0.146. The molecular weight excluding hydrogens is 335 g/mol.